The molecular formula is C18H28N2O4. The number of hydrogen-bond acceptors (Lipinski definition) is 4. The second-order valence-electron chi connectivity index (χ2n) is 7.20. The summed E-state index contributed by atoms with van der Waals surface area (Å²) in [5, 5.41) is 5.63. The molecule has 2 N–H and O–H groups in total. The predicted molar refractivity (Wildman–Crippen MR) is 93.1 cm³/mol. The van der Waals surface area contributed by atoms with Gasteiger partial charge in [-0.15, -0.1) is 0 Å². The lowest BCUT2D eigenvalue weighted by molar-refractivity contribution is -0.142. The van der Waals surface area contributed by atoms with Crippen LogP contribution in [0.4, 0.5) is 0 Å². The van der Waals surface area contributed by atoms with E-state index in [9.17, 15) is 9.59 Å². The van der Waals surface area contributed by atoms with Crippen LogP contribution in [0.3, 0.4) is 0 Å². The smallest absolute Gasteiger partial charge is 0.235 e. The fraction of sp³-hybridized carbons (Fsp3) is 0.556. The molecule has 0 fully saturated rings. The van der Waals surface area contributed by atoms with Gasteiger partial charge in [-0.25, -0.2) is 0 Å². The number of ether oxygens (including phenoxy) is 2. The normalized spacial score (nSPS) is 11.6. The Bertz CT molecular complexity index is 604. The lowest BCUT2D eigenvalue weighted by atomic mass is 9.89. The van der Waals surface area contributed by atoms with Gasteiger partial charge in [0.15, 0.2) is 11.5 Å². The number of rotatable bonds is 6. The van der Waals surface area contributed by atoms with Crippen molar-refractivity contribution in [2.24, 2.45) is 5.41 Å². The molecular weight excluding hydrogens is 308 g/mol. The molecule has 0 aromatic heterocycles. The Morgan fingerprint density at radius 3 is 2.04 bits per heavy atom. The number of hydrogen-bond donors (Lipinski definition) is 2. The van der Waals surface area contributed by atoms with E-state index in [1.54, 1.807) is 40.2 Å². The Balaban J connectivity index is 2.76. The van der Waals surface area contributed by atoms with Gasteiger partial charge in [-0.05, 0) is 52.3 Å². The van der Waals surface area contributed by atoms with Gasteiger partial charge in [0, 0.05) is 12.1 Å². The molecule has 0 unspecified atom stereocenters. The minimum Gasteiger partial charge on any atom is -0.493 e. The lowest BCUT2D eigenvalue weighted by Gasteiger charge is -2.28. The van der Waals surface area contributed by atoms with E-state index in [1.165, 1.54) is 0 Å². The average molecular weight is 336 g/mol. The third-order valence-electron chi connectivity index (χ3n) is 3.52. The highest BCUT2D eigenvalue weighted by Gasteiger charge is 2.37. The topological polar surface area (TPSA) is 76.7 Å². The number of methoxy groups -OCH3 is 2. The van der Waals surface area contributed by atoms with Crippen molar-refractivity contribution in [2.45, 2.75) is 46.7 Å². The van der Waals surface area contributed by atoms with Crippen LogP contribution in [0.1, 0.15) is 40.2 Å². The number of benzene rings is 1. The van der Waals surface area contributed by atoms with Crippen LogP contribution in [-0.4, -0.2) is 31.6 Å². The van der Waals surface area contributed by atoms with Crippen LogP contribution >= 0.6 is 0 Å². The molecule has 2 amide bonds. The standard InChI is InChI=1S/C18H28N2O4/c1-17(2,3)20-16(22)18(4,5)15(21)19-11-12-8-9-13(23-6)14(10-12)24-7/h8-10H,11H2,1-7H3,(H,19,21)(H,20,22). The largest absolute Gasteiger partial charge is 0.493 e. The molecule has 0 aliphatic rings. The van der Waals surface area contributed by atoms with Gasteiger partial charge in [-0.3, -0.25) is 9.59 Å². The van der Waals surface area contributed by atoms with E-state index in [-0.39, 0.29) is 11.8 Å². The summed E-state index contributed by atoms with van der Waals surface area (Å²) in [7, 11) is 3.12. The molecule has 1 aromatic carbocycles. The zero-order valence-corrected chi connectivity index (χ0v) is 15.6. The second kappa shape index (κ2) is 7.55. The average Bonchev–Trinajstić information content (AvgIpc) is 2.50. The Kier molecular flexibility index (Phi) is 6.23. The summed E-state index contributed by atoms with van der Waals surface area (Å²) >= 11 is 0. The van der Waals surface area contributed by atoms with Crippen molar-refractivity contribution >= 4 is 11.8 Å². The van der Waals surface area contributed by atoms with Crippen molar-refractivity contribution in [2.75, 3.05) is 14.2 Å². The summed E-state index contributed by atoms with van der Waals surface area (Å²) in [4.78, 5) is 24.7. The summed E-state index contributed by atoms with van der Waals surface area (Å²) in [5.74, 6) is 0.574. The maximum atomic E-state index is 12.4. The molecule has 0 spiro atoms. The van der Waals surface area contributed by atoms with Crippen LogP contribution in [0, 0.1) is 5.41 Å². The zero-order valence-electron chi connectivity index (χ0n) is 15.6. The molecule has 0 atom stereocenters. The molecule has 6 nitrogen and oxygen atoms in total. The molecule has 0 aliphatic carbocycles. The summed E-state index contributed by atoms with van der Waals surface area (Å²) in [6.07, 6.45) is 0. The van der Waals surface area contributed by atoms with E-state index in [1.807, 2.05) is 26.8 Å². The summed E-state index contributed by atoms with van der Waals surface area (Å²) in [5.41, 5.74) is -0.699. The van der Waals surface area contributed by atoms with E-state index in [2.05, 4.69) is 10.6 Å². The van der Waals surface area contributed by atoms with Crippen molar-refractivity contribution < 1.29 is 19.1 Å². The SMILES string of the molecule is COc1ccc(CNC(=O)C(C)(C)C(=O)NC(C)(C)C)cc1OC. The third kappa shape index (κ3) is 5.15. The van der Waals surface area contributed by atoms with Gasteiger partial charge in [0.05, 0.1) is 14.2 Å². The summed E-state index contributed by atoms with van der Waals surface area (Å²) in [6.45, 7) is 9.15. The van der Waals surface area contributed by atoms with E-state index < -0.39 is 11.0 Å². The molecule has 1 rings (SSSR count). The maximum Gasteiger partial charge on any atom is 0.235 e. The number of carbonyl (C=O) groups is 2. The van der Waals surface area contributed by atoms with Gasteiger partial charge >= 0.3 is 0 Å². The molecule has 0 saturated carbocycles. The second-order valence-corrected chi connectivity index (χ2v) is 7.20. The molecule has 1 aromatic rings. The fourth-order valence-electron chi connectivity index (χ4n) is 1.99. The van der Waals surface area contributed by atoms with Gasteiger partial charge < -0.3 is 20.1 Å². The quantitative estimate of drug-likeness (QED) is 0.781. The molecule has 134 valence electrons. The van der Waals surface area contributed by atoms with Crippen molar-refractivity contribution in [3.63, 3.8) is 0 Å². The van der Waals surface area contributed by atoms with Crippen molar-refractivity contribution in [1.29, 1.82) is 0 Å². The van der Waals surface area contributed by atoms with Crippen LogP contribution in [0.2, 0.25) is 0 Å². The van der Waals surface area contributed by atoms with E-state index in [0.717, 1.165) is 5.56 Å². The highest BCUT2D eigenvalue weighted by atomic mass is 16.5. The molecule has 0 bridgehead atoms. The molecule has 0 heterocycles. The van der Waals surface area contributed by atoms with Crippen LogP contribution in [0.5, 0.6) is 11.5 Å². The van der Waals surface area contributed by atoms with Crippen molar-refractivity contribution in [1.82, 2.24) is 10.6 Å². The highest BCUT2D eigenvalue weighted by molar-refractivity contribution is 6.04. The van der Waals surface area contributed by atoms with Gasteiger partial charge in [0.25, 0.3) is 0 Å². The third-order valence-corrected chi connectivity index (χ3v) is 3.52. The predicted octanol–water partition coefficient (Wildman–Crippen LogP) is 2.26. The number of nitrogens with one attached hydrogen (secondary N) is 2. The Labute approximate surface area is 143 Å². The lowest BCUT2D eigenvalue weighted by Crippen LogP contribution is -2.52. The fourth-order valence-corrected chi connectivity index (χ4v) is 1.99. The van der Waals surface area contributed by atoms with Gasteiger partial charge in [-0.1, -0.05) is 6.07 Å². The first-order chi connectivity index (χ1) is 11.0. The summed E-state index contributed by atoms with van der Waals surface area (Å²) in [6, 6.07) is 5.41. The van der Waals surface area contributed by atoms with Crippen molar-refractivity contribution in [3.05, 3.63) is 23.8 Å². The van der Waals surface area contributed by atoms with Crippen molar-refractivity contribution in [3.8, 4) is 11.5 Å². The van der Waals surface area contributed by atoms with Crippen LogP contribution in [0.25, 0.3) is 0 Å². The minimum absolute atomic E-state index is 0.297. The monoisotopic (exact) mass is 336 g/mol. The Morgan fingerprint density at radius 2 is 1.54 bits per heavy atom. The first-order valence-electron chi connectivity index (χ1n) is 7.83. The highest BCUT2D eigenvalue weighted by Crippen LogP contribution is 2.27. The van der Waals surface area contributed by atoms with Crippen LogP contribution in [-0.2, 0) is 16.1 Å². The first kappa shape index (κ1) is 19.8. The number of carbonyl (C=O) groups excluding carboxylic acids is 2. The molecule has 0 saturated heterocycles. The molecule has 24 heavy (non-hydrogen) atoms. The Hall–Kier alpha value is -2.24. The van der Waals surface area contributed by atoms with Gasteiger partial charge in [-0.2, -0.15) is 0 Å². The zero-order chi connectivity index (χ0) is 18.5. The number of amides is 2. The van der Waals surface area contributed by atoms with Gasteiger partial charge in [0.1, 0.15) is 5.41 Å². The summed E-state index contributed by atoms with van der Waals surface area (Å²) < 4.78 is 10.4. The van der Waals surface area contributed by atoms with E-state index in [4.69, 9.17) is 9.47 Å². The first-order valence-corrected chi connectivity index (χ1v) is 7.83. The Morgan fingerprint density at radius 1 is 0.958 bits per heavy atom. The molecule has 0 radical (unpaired) electrons. The van der Waals surface area contributed by atoms with E-state index >= 15 is 0 Å². The molecule has 0 aliphatic heterocycles. The van der Waals surface area contributed by atoms with Crippen LogP contribution in [0.15, 0.2) is 18.2 Å². The molecule has 6 heteroatoms. The van der Waals surface area contributed by atoms with Crippen LogP contribution < -0.4 is 20.1 Å². The maximum absolute atomic E-state index is 12.4. The van der Waals surface area contributed by atoms with Gasteiger partial charge in [0.2, 0.25) is 11.8 Å². The minimum atomic E-state index is -1.16. The van der Waals surface area contributed by atoms with E-state index in [0.29, 0.717) is 18.0 Å².